The first kappa shape index (κ1) is 18.2. The molecule has 1 fully saturated rings. The third-order valence-corrected chi connectivity index (χ3v) is 5.26. The second kappa shape index (κ2) is 6.48. The summed E-state index contributed by atoms with van der Waals surface area (Å²) in [5, 5.41) is 24.9. The zero-order valence-electron chi connectivity index (χ0n) is 15.3. The molecule has 2 aromatic rings. The molecule has 1 saturated heterocycles. The predicted octanol–water partition coefficient (Wildman–Crippen LogP) is -0.105. The summed E-state index contributed by atoms with van der Waals surface area (Å²) in [6.45, 7) is 0.460. The molecule has 2 heterocycles. The van der Waals surface area contributed by atoms with Crippen LogP contribution in [0.15, 0.2) is 24.3 Å². The number of aromatic nitrogens is 2. The summed E-state index contributed by atoms with van der Waals surface area (Å²) in [4.78, 5) is 25.2. The third-order valence-electron chi connectivity index (χ3n) is 5.26. The maximum absolute atomic E-state index is 12.1. The van der Waals surface area contributed by atoms with Crippen molar-refractivity contribution in [3.05, 3.63) is 46.8 Å². The molecule has 1 aromatic heterocycles. The Labute approximate surface area is 161 Å². The van der Waals surface area contributed by atoms with Crippen molar-refractivity contribution in [2.75, 3.05) is 13.6 Å². The molecule has 1 aromatic carbocycles. The Morgan fingerprint density at radius 2 is 2.21 bits per heavy atom. The standard InChI is InChI=1S/C20H20N4O4/c1-23-10-9-20(28,19(23)27)8-7-12-3-2-4-13(11-12)24-14-5-6-15(25)16(14)17(22-24)18(21)26/h2-4,11,15,25,28H,5-6,9-10H2,1H3,(H2,21,26)/t15-,20-/m0/s1. The van der Waals surface area contributed by atoms with Crippen LogP contribution in [-0.4, -0.2) is 55.9 Å². The summed E-state index contributed by atoms with van der Waals surface area (Å²) < 4.78 is 1.60. The van der Waals surface area contributed by atoms with Crippen LogP contribution >= 0.6 is 0 Å². The fourth-order valence-corrected chi connectivity index (χ4v) is 3.73. The number of likely N-dealkylation sites (tertiary alicyclic amines) is 1. The quantitative estimate of drug-likeness (QED) is 0.628. The molecule has 0 unspecified atom stereocenters. The van der Waals surface area contributed by atoms with Gasteiger partial charge >= 0.3 is 0 Å². The van der Waals surface area contributed by atoms with Crippen LogP contribution in [0.5, 0.6) is 0 Å². The molecule has 8 heteroatoms. The van der Waals surface area contributed by atoms with E-state index in [2.05, 4.69) is 16.9 Å². The SMILES string of the molecule is CN1CC[C@@](O)(C#Cc2cccc(-n3nc(C(N)=O)c4c3CC[C@@H]4O)c2)C1=O. The summed E-state index contributed by atoms with van der Waals surface area (Å²) in [6.07, 6.45) is 0.596. The van der Waals surface area contributed by atoms with E-state index in [4.69, 9.17) is 5.73 Å². The summed E-state index contributed by atoms with van der Waals surface area (Å²) in [5.41, 5.74) is 6.31. The molecule has 0 spiro atoms. The van der Waals surface area contributed by atoms with Crippen molar-refractivity contribution in [2.45, 2.75) is 31.0 Å². The monoisotopic (exact) mass is 380 g/mol. The minimum atomic E-state index is -1.67. The van der Waals surface area contributed by atoms with E-state index in [1.807, 2.05) is 0 Å². The number of primary amides is 1. The molecule has 0 bridgehead atoms. The third kappa shape index (κ3) is 2.85. The van der Waals surface area contributed by atoms with Crippen molar-refractivity contribution < 1.29 is 19.8 Å². The van der Waals surface area contributed by atoms with E-state index in [-0.39, 0.29) is 12.1 Å². The first-order valence-electron chi connectivity index (χ1n) is 9.01. The van der Waals surface area contributed by atoms with Crippen molar-refractivity contribution in [3.63, 3.8) is 0 Å². The molecular weight excluding hydrogens is 360 g/mol. The van der Waals surface area contributed by atoms with Crippen molar-refractivity contribution >= 4 is 11.8 Å². The molecule has 0 radical (unpaired) electrons. The van der Waals surface area contributed by atoms with E-state index < -0.39 is 23.5 Å². The van der Waals surface area contributed by atoms with Crippen LogP contribution in [0.4, 0.5) is 0 Å². The smallest absolute Gasteiger partial charge is 0.269 e. The first-order chi connectivity index (χ1) is 13.3. The molecule has 8 nitrogen and oxygen atoms in total. The van der Waals surface area contributed by atoms with E-state index in [0.717, 1.165) is 5.69 Å². The molecule has 1 aliphatic carbocycles. The van der Waals surface area contributed by atoms with E-state index in [1.54, 1.807) is 36.0 Å². The van der Waals surface area contributed by atoms with E-state index in [0.29, 0.717) is 36.2 Å². The normalized spacial score (nSPS) is 23.5. The molecule has 2 aliphatic rings. The maximum atomic E-state index is 12.1. The van der Waals surface area contributed by atoms with Gasteiger partial charge in [-0.05, 0) is 31.0 Å². The number of nitrogens with two attached hydrogens (primary N) is 1. The number of hydrogen-bond acceptors (Lipinski definition) is 5. The Hall–Kier alpha value is -3.15. The number of hydrogen-bond donors (Lipinski definition) is 3. The number of carbonyl (C=O) groups excluding carboxylic acids is 2. The van der Waals surface area contributed by atoms with Crippen LogP contribution in [0.3, 0.4) is 0 Å². The van der Waals surface area contributed by atoms with Gasteiger partial charge in [-0.3, -0.25) is 9.59 Å². The van der Waals surface area contributed by atoms with Crippen molar-refractivity contribution in [1.29, 1.82) is 0 Å². The molecule has 1 aliphatic heterocycles. The average Bonchev–Trinajstić information content (AvgIpc) is 3.31. The average molecular weight is 380 g/mol. The predicted molar refractivity (Wildman–Crippen MR) is 99.4 cm³/mol. The topological polar surface area (TPSA) is 122 Å². The van der Waals surface area contributed by atoms with Gasteiger partial charge in [-0.25, -0.2) is 4.68 Å². The lowest BCUT2D eigenvalue weighted by Crippen LogP contribution is -2.37. The molecule has 2 atom stereocenters. The lowest BCUT2D eigenvalue weighted by molar-refractivity contribution is -0.137. The minimum absolute atomic E-state index is 0.0744. The van der Waals surface area contributed by atoms with Crippen LogP contribution in [-0.2, 0) is 11.2 Å². The summed E-state index contributed by atoms with van der Waals surface area (Å²) in [7, 11) is 1.63. The van der Waals surface area contributed by atoms with E-state index in [9.17, 15) is 19.8 Å². The van der Waals surface area contributed by atoms with Crippen LogP contribution in [0.2, 0.25) is 0 Å². The molecule has 4 N–H and O–H groups in total. The zero-order chi connectivity index (χ0) is 20.1. The highest BCUT2D eigenvalue weighted by Gasteiger charge is 2.42. The first-order valence-corrected chi connectivity index (χ1v) is 9.01. The van der Waals surface area contributed by atoms with Crippen molar-refractivity contribution in [3.8, 4) is 17.5 Å². The molecule has 4 rings (SSSR count). The van der Waals surface area contributed by atoms with Gasteiger partial charge < -0.3 is 20.8 Å². The number of rotatable bonds is 2. The number of fused-ring (bicyclic) bond motifs is 1. The summed E-state index contributed by atoms with van der Waals surface area (Å²) in [6, 6.07) is 7.09. The maximum Gasteiger partial charge on any atom is 0.269 e. The van der Waals surface area contributed by atoms with Gasteiger partial charge in [-0.15, -0.1) is 0 Å². The molecule has 2 amide bonds. The lowest BCUT2D eigenvalue weighted by atomic mass is 10.0. The van der Waals surface area contributed by atoms with Gasteiger partial charge in [-0.1, -0.05) is 17.9 Å². The van der Waals surface area contributed by atoms with Crippen molar-refractivity contribution in [1.82, 2.24) is 14.7 Å². The number of carbonyl (C=O) groups is 2. The Kier molecular flexibility index (Phi) is 4.22. The fourth-order valence-electron chi connectivity index (χ4n) is 3.73. The van der Waals surface area contributed by atoms with Crippen LogP contribution in [0, 0.1) is 11.8 Å². The fraction of sp³-hybridized carbons (Fsp3) is 0.350. The van der Waals surface area contributed by atoms with Gasteiger partial charge in [0.1, 0.15) is 0 Å². The molecule has 144 valence electrons. The van der Waals surface area contributed by atoms with Gasteiger partial charge in [0, 0.05) is 31.1 Å². The number of aliphatic hydroxyl groups excluding tert-OH is 1. The van der Waals surface area contributed by atoms with Gasteiger partial charge in [0.25, 0.3) is 11.8 Å². The molecular formula is C20H20N4O4. The second-order valence-electron chi connectivity index (χ2n) is 7.18. The Bertz CT molecular complexity index is 1050. The Morgan fingerprint density at radius 1 is 1.43 bits per heavy atom. The highest BCUT2D eigenvalue weighted by molar-refractivity contribution is 5.93. The highest BCUT2D eigenvalue weighted by Crippen LogP contribution is 2.35. The number of likely N-dealkylation sites (N-methyl/N-ethyl adjacent to an activating group) is 1. The minimum Gasteiger partial charge on any atom is -0.388 e. The highest BCUT2D eigenvalue weighted by atomic mass is 16.3. The lowest BCUT2D eigenvalue weighted by Gasteiger charge is -2.13. The van der Waals surface area contributed by atoms with E-state index >= 15 is 0 Å². The van der Waals surface area contributed by atoms with Gasteiger partial charge in [0.2, 0.25) is 5.60 Å². The van der Waals surface area contributed by atoms with Crippen molar-refractivity contribution in [2.24, 2.45) is 5.73 Å². The van der Waals surface area contributed by atoms with E-state index in [1.165, 1.54) is 4.90 Å². The van der Waals surface area contributed by atoms with Gasteiger partial charge in [0.15, 0.2) is 5.69 Å². The van der Waals surface area contributed by atoms with Crippen LogP contribution in [0.25, 0.3) is 5.69 Å². The second-order valence-corrected chi connectivity index (χ2v) is 7.18. The molecule has 0 saturated carbocycles. The van der Waals surface area contributed by atoms with Gasteiger partial charge in [0.05, 0.1) is 17.5 Å². The summed E-state index contributed by atoms with van der Waals surface area (Å²) >= 11 is 0. The number of amides is 2. The zero-order valence-corrected chi connectivity index (χ0v) is 15.3. The Morgan fingerprint density at radius 3 is 2.89 bits per heavy atom. The van der Waals surface area contributed by atoms with Gasteiger partial charge in [-0.2, -0.15) is 5.10 Å². The number of nitrogens with zero attached hydrogens (tertiary/aromatic N) is 3. The molecule has 28 heavy (non-hydrogen) atoms. The van der Waals surface area contributed by atoms with Crippen LogP contribution in [0.1, 0.15) is 46.3 Å². The summed E-state index contributed by atoms with van der Waals surface area (Å²) in [5.74, 6) is 4.47. The largest absolute Gasteiger partial charge is 0.388 e. The Balaban J connectivity index is 1.71. The number of benzene rings is 1. The van der Waals surface area contributed by atoms with Crippen LogP contribution < -0.4 is 5.73 Å². The number of aliphatic hydroxyl groups is 2.